The molecular formula is C20H25N5O. The topological polar surface area (TPSA) is 66.0 Å². The van der Waals surface area contributed by atoms with Crippen LogP contribution in [0.25, 0.3) is 10.9 Å². The van der Waals surface area contributed by atoms with Crippen molar-refractivity contribution in [1.82, 2.24) is 25.0 Å². The maximum atomic E-state index is 13.0. The summed E-state index contributed by atoms with van der Waals surface area (Å²) in [6, 6.07) is 10.7. The first-order valence-electron chi connectivity index (χ1n) is 9.26. The molecule has 0 spiro atoms. The summed E-state index contributed by atoms with van der Waals surface area (Å²) < 4.78 is 1.83. The van der Waals surface area contributed by atoms with Gasteiger partial charge in [0.15, 0.2) is 0 Å². The maximum Gasteiger partial charge on any atom is 0.318 e. The Morgan fingerprint density at radius 3 is 2.92 bits per heavy atom. The number of aryl methyl sites for hydroxylation is 1. The van der Waals surface area contributed by atoms with Crippen LogP contribution >= 0.6 is 0 Å². The number of hydrogen-bond donors (Lipinski definition) is 2. The number of nitrogens with one attached hydrogen (secondary N) is 2. The van der Waals surface area contributed by atoms with Crippen LogP contribution in [0, 0.1) is 0 Å². The number of carbonyl (C=O) groups excluding carboxylic acids is 1. The molecule has 1 aliphatic rings. The molecular weight excluding hydrogens is 326 g/mol. The first-order valence-corrected chi connectivity index (χ1v) is 9.26. The predicted molar refractivity (Wildman–Crippen MR) is 102 cm³/mol. The average molecular weight is 351 g/mol. The summed E-state index contributed by atoms with van der Waals surface area (Å²) in [7, 11) is 1.91. The van der Waals surface area contributed by atoms with Gasteiger partial charge in [0.1, 0.15) is 0 Å². The van der Waals surface area contributed by atoms with Gasteiger partial charge in [0.25, 0.3) is 0 Å². The minimum Gasteiger partial charge on any atom is -0.361 e. The molecule has 2 aromatic heterocycles. The van der Waals surface area contributed by atoms with E-state index in [1.807, 2.05) is 28.9 Å². The van der Waals surface area contributed by atoms with Gasteiger partial charge in [0.05, 0.1) is 11.7 Å². The lowest BCUT2D eigenvalue weighted by Crippen LogP contribution is -2.42. The van der Waals surface area contributed by atoms with Crippen LogP contribution in [-0.2, 0) is 13.6 Å². The number of H-pyrrole nitrogens is 1. The van der Waals surface area contributed by atoms with Crippen LogP contribution in [0.15, 0.2) is 42.7 Å². The SMILES string of the molecule is CC[C@@H](NC(=O)N(Cc1ccc2[nH]ccc2c1)C1CC1)c1ccnn1C. The molecule has 0 saturated heterocycles. The fraction of sp³-hybridized carbons (Fsp3) is 0.400. The van der Waals surface area contributed by atoms with Crippen LogP contribution in [0.5, 0.6) is 0 Å². The van der Waals surface area contributed by atoms with Crippen LogP contribution < -0.4 is 5.32 Å². The van der Waals surface area contributed by atoms with Crippen molar-refractivity contribution in [1.29, 1.82) is 0 Å². The Kier molecular flexibility index (Phi) is 4.41. The second kappa shape index (κ2) is 6.86. The van der Waals surface area contributed by atoms with Crippen LogP contribution in [0.2, 0.25) is 0 Å². The summed E-state index contributed by atoms with van der Waals surface area (Å²) in [6.07, 6.45) is 6.72. The van der Waals surface area contributed by atoms with Crippen molar-refractivity contribution in [3.8, 4) is 0 Å². The Hall–Kier alpha value is -2.76. The zero-order chi connectivity index (χ0) is 18.1. The molecule has 26 heavy (non-hydrogen) atoms. The lowest BCUT2D eigenvalue weighted by atomic mass is 10.1. The highest BCUT2D eigenvalue weighted by Crippen LogP contribution is 2.29. The molecule has 6 heteroatoms. The van der Waals surface area contributed by atoms with Crippen molar-refractivity contribution >= 4 is 16.9 Å². The van der Waals surface area contributed by atoms with Crippen molar-refractivity contribution in [3.05, 3.63) is 54.0 Å². The monoisotopic (exact) mass is 351 g/mol. The maximum absolute atomic E-state index is 13.0. The number of rotatable bonds is 6. The lowest BCUT2D eigenvalue weighted by Gasteiger charge is -2.26. The van der Waals surface area contributed by atoms with Gasteiger partial charge in [-0.1, -0.05) is 13.0 Å². The zero-order valence-electron chi connectivity index (χ0n) is 15.3. The molecule has 6 nitrogen and oxygen atoms in total. The van der Waals surface area contributed by atoms with E-state index < -0.39 is 0 Å². The van der Waals surface area contributed by atoms with Crippen molar-refractivity contribution in [2.75, 3.05) is 0 Å². The summed E-state index contributed by atoms with van der Waals surface area (Å²) in [4.78, 5) is 18.2. The Morgan fingerprint density at radius 1 is 1.38 bits per heavy atom. The second-order valence-electron chi connectivity index (χ2n) is 7.05. The minimum atomic E-state index is -0.0246. The largest absolute Gasteiger partial charge is 0.361 e. The molecule has 2 amide bonds. The van der Waals surface area contributed by atoms with Gasteiger partial charge >= 0.3 is 6.03 Å². The standard InChI is InChI=1S/C20H25N5O/c1-3-17(19-9-11-22-24(19)2)23-20(26)25(16-5-6-16)13-14-4-7-18-15(12-14)8-10-21-18/h4,7-12,16-17,21H,3,5-6,13H2,1-2H3,(H,23,26)/t17-/m1/s1. The molecule has 0 aliphatic heterocycles. The third-order valence-corrected chi connectivity index (χ3v) is 5.14. The number of aromatic nitrogens is 3. The van der Waals surface area contributed by atoms with Gasteiger partial charge in [-0.15, -0.1) is 0 Å². The van der Waals surface area contributed by atoms with Crippen LogP contribution in [0.4, 0.5) is 4.79 Å². The van der Waals surface area contributed by atoms with Crippen LogP contribution in [0.3, 0.4) is 0 Å². The van der Waals surface area contributed by atoms with E-state index in [1.165, 1.54) is 5.39 Å². The number of urea groups is 1. The Bertz CT molecular complexity index is 908. The average Bonchev–Trinajstić information content (AvgIpc) is 3.22. The first kappa shape index (κ1) is 16.7. The number of aromatic amines is 1. The number of fused-ring (bicyclic) bond motifs is 1. The fourth-order valence-electron chi connectivity index (χ4n) is 3.49. The Labute approximate surface area is 153 Å². The van der Waals surface area contributed by atoms with Gasteiger partial charge in [-0.05, 0) is 54.5 Å². The Morgan fingerprint density at radius 2 is 2.23 bits per heavy atom. The van der Waals surface area contributed by atoms with Gasteiger partial charge in [0, 0.05) is 37.5 Å². The van der Waals surface area contributed by atoms with E-state index in [1.54, 1.807) is 6.20 Å². The van der Waals surface area contributed by atoms with E-state index >= 15 is 0 Å². The highest BCUT2D eigenvalue weighted by molar-refractivity contribution is 5.80. The molecule has 2 N–H and O–H groups in total. The van der Waals surface area contributed by atoms with Crippen LogP contribution in [0.1, 0.15) is 43.5 Å². The van der Waals surface area contributed by atoms with E-state index in [-0.39, 0.29) is 12.1 Å². The molecule has 0 radical (unpaired) electrons. The molecule has 1 fully saturated rings. The first-order chi connectivity index (χ1) is 12.7. The number of nitrogens with zero attached hydrogens (tertiary/aromatic N) is 3. The quantitative estimate of drug-likeness (QED) is 0.711. The van der Waals surface area contributed by atoms with Crippen LogP contribution in [-0.4, -0.2) is 31.7 Å². The third kappa shape index (κ3) is 3.31. The fourth-order valence-corrected chi connectivity index (χ4v) is 3.49. The molecule has 1 atom stereocenters. The molecule has 2 heterocycles. The summed E-state index contributed by atoms with van der Waals surface area (Å²) in [5, 5.41) is 8.61. The summed E-state index contributed by atoms with van der Waals surface area (Å²) in [6.45, 7) is 2.72. The minimum absolute atomic E-state index is 0.00900. The molecule has 1 saturated carbocycles. The summed E-state index contributed by atoms with van der Waals surface area (Å²) in [5.74, 6) is 0. The smallest absolute Gasteiger partial charge is 0.318 e. The molecule has 1 aliphatic carbocycles. The lowest BCUT2D eigenvalue weighted by molar-refractivity contribution is 0.187. The summed E-state index contributed by atoms with van der Waals surface area (Å²) >= 11 is 0. The molecule has 4 rings (SSSR count). The van der Waals surface area contributed by atoms with Gasteiger partial charge in [-0.3, -0.25) is 4.68 Å². The number of hydrogen-bond acceptors (Lipinski definition) is 2. The van der Waals surface area contributed by atoms with E-state index in [2.05, 4.69) is 46.6 Å². The highest BCUT2D eigenvalue weighted by atomic mass is 16.2. The number of carbonyl (C=O) groups is 1. The molecule has 1 aromatic carbocycles. The van der Waals surface area contributed by atoms with Crippen molar-refractivity contribution < 1.29 is 4.79 Å². The van der Waals surface area contributed by atoms with Crippen molar-refractivity contribution in [2.24, 2.45) is 7.05 Å². The van der Waals surface area contributed by atoms with Crippen molar-refractivity contribution in [3.63, 3.8) is 0 Å². The van der Waals surface area contributed by atoms with E-state index in [9.17, 15) is 4.79 Å². The zero-order valence-corrected chi connectivity index (χ0v) is 15.3. The second-order valence-corrected chi connectivity index (χ2v) is 7.05. The molecule has 136 valence electrons. The highest BCUT2D eigenvalue weighted by Gasteiger charge is 2.33. The van der Waals surface area contributed by atoms with E-state index in [4.69, 9.17) is 0 Å². The predicted octanol–water partition coefficient (Wildman–Crippen LogP) is 3.73. The molecule has 0 unspecified atom stereocenters. The van der Waals surface area contributed by atoms with Gasteiger partial charge in [-0.2, -0.15) is 5.10 Å². The molecule has 3 aromatic rings. The normalized spacial score (nSPS) is 15.2. The molecule has 0 bridgehead atoms. The number of amides is 2. The van der Waals surface area contributed by atoms with E-state index in [0.717, 1.165) is 36.0 Å². The van der Waals surface area contributed by atoms with Gasteiger partial charge in [-0.25, -0.2) is 4.79 Å². The van der Waals surface area contributed by atoms with Crippen molar-refractivity contribution in [2.45, 2.75) is 44.8 Å². The third-order valence-electron chi connectivity index (χ3n) is 5.14. The van der Waals surface area contributed by atoms with E-state index in [0.29, 0.717) is 12.6 Å². The summed E-state index contributed by atoms with van der Waals surface area (Å²) in [5.41, 5.74) is 3.32. The van der Waals surface area contributed by atoms with Gasteiger partial charge in [0.2, 0.25) is 0 Å². The number of benzene rings is 1. The van der Waals surface area contributed by atoms with Gasteiger partial charge < -0.3 is 15.2 Å². The Balaban J connectivity index is 1.50.